The molecule has 0 saturated heterocycles. The highest BCUT2D eigenvalue weighted by Gasteiger charge is 2.06. The Morgan fingerprint density at radius 2 is 1.95 bits per heavy atom. The maximum absolute atomic E-state index is 4.26. The Kier molecular flexibility index (Phi) is 4.06. The van der Waals surface area contributed by atoms with Crippen LogP contribution < -0.4 is 5.32 Å². The summed E-state index contributed by atoms with van der Waals surface area (Å²) in [5.74, 6) is 0. The summed E-state index contributed by atoms with van der Waals surface area (Å²) in [6.07, 6.45) is 3.72. The molecule has 1 aromatic heterocycles. The number of aromatic nitrogens is 2. The Labute approximate surface area is 132 Å². The molecule has 0 amide bonds. The van der Waals surface area contributed by atoms with E-state index in [9.17, 15) is 0 Å². The topological polar surface area (TPSA) is 29.9 Å². The van der Waals surface area contributed by atoms with E-state index in [1.807, 2.05) is 35.1 Å². The van der Waals surface area contributed by atoms with Gasteiger partial charge >= 0.3 is 0 Å². The molecular weight excluding hydrogens is 326 g/mol. The summed E-state index contributed by atoms with van der Waals surface area (Å²) in [4.78, 5) is 0. The number of anilines is 1. The van der Waals surface area contributed by atoms with E-state index in [1.165, 1.54) is 5.56 Å². The molecule has 3 nitrogen and oxygen atoms in total. The van der Waals surface area contributed by atoms with E-state index in [0.717, 1.165) is 15.8 Å². The molecule has 0 radical (unpaired) electrons. The summed E-state index contributed by atoms with van der Waals surface area (Å²) in [5, 5.41) is 7.78. The first-order valence-corrected chi connectivity index (χ1v) is 7.64. The van der Waals surface area contributed by atoms with Crippen molar-refractivity contribution < 1.29 is 0 Å². The van der Waals surface area contributed by atoms with E-state index in [0.29, 0.717) is 0 Å². The van der Waals surface area contributed by atoms with Crippen molar-refractivity contribution in [1.82, 2.24) is 9.78 Å². The molecule has 3 aromatic rings. The predicted octanol–water partition coefficient (Wildman–Crippen LogP) is 4.81. The number of nitrogens with zero attached hydrogens (tertiary/aromatic N) is 2. The van der Waals surface area contributed by atoms with Crippen LogP contribution in [0.15, 0.2) is 71.5 Å². The first kappa shape index (κ1) is 13.9. The molecule has 2 aromatic carbocycles. The average Bonchev–Trinajstić information content (AvgIpc) is 3.02. The van der Waals surface area contributed by atoms with E-state index in [2.05, 4.69) is 63.6 Å². The summed E-state index contributed by atoms with van der Waals surface area (Å²) in [6, 6.07) is 18.7. The summed E-state index contributed by atoms with van der Waals surface area (Å²) in [6.45, 7) is 2.16. The summed E-state index contributed by atoms with van der Waals surface area (Å²) >= 11 is 3.51. The van der Waals surface area contributed by atoms with Gasteiger partial charge in [0, 0.05) is 28.6 Å². The highest BCUT2D eigenvalue weighted by molar-refractivity contribution is 9.10. The van der Waals surface area contributed by atoms with Crippen molar-refractivity contribution in [3.05, 3.63) is 77.0 Å². The lowest BCUT2D eigenvalue weighted by Gasteiger charge is -2.16. The van der Waals surface area contributed by atoms with Crippen molar-refractivity contribution in [2.24, 2.45) is 0 Å². The molecule has 0 aliphatic carbocycles. The summed E-state index contributed by atoms with van der Waals surface area (Å²) in [7, 11) is 0. The fourth-order valence-corrected chi connectivity index (χ4v) is 2.69. The number of hydrogen-bond donors (Lipinski definition) is 1. The Balaban J connectivity index is 1.80. The molecule has 1 unspecified atom stereocenters. The summed E-state index contributed by atoms with van der Waals surface area (Å²) < 4.78 is 2.95. The standard InChI is InChI=1S/C17H16BrN3/c1-13(14-5-2-6-15(18)11-14)20-16-7-3-8-17(12-16)21-10-4-9-19-21/h2-13,20H,1H3. The van der Waals surface area contributed by atoms with Gasteiger partial charge in [0.2, 0.25) is 0 Å². The highest BCUT2D eigenvalue weighted by atomic mass is 79.9. The largest absolute Gasteiger partial charge is 0.378 e. The van der Waals surface area contributed by atoms with Crippen molar-refractivity contribution in [1.29, 1.82) is 0 Å². The zero-order chi connectivity index (χ0) is 14.7. The Hall–Kier alpha value is -2.07. The smallest absolute Gasteiger partial charge is 0.0666 e. The van der Waals surface area contributed by atoms with Crippen LogP contribution in [0.3, 0.4) is 0 Å². The van der Waals surface area contributed by atoms with Gasteiger partial charge in [0.25, 0.3) is 0 Å². The van der Waals surface area contributed by atoms with Crippen molar-refractivity contribution in [3.63, 3.8) is 0 Å². The third-order valence-corrected chi connectivity index (χ3v) is 3.84. The fourth-order valence-electron chi connectivity index (χ4n) is 2.27. The SMILES string of the molecule is CC(Nc1cccc(-n2cccn2)c1)c1cccc(Br)c1. The number of nitrogens with one attached hydrogen (secondary N) is 1. The van der Waals surface area contributed by atoms with E-state index in [1.54, 1.807) is 6.20 Å². The minimum atomic E-state index is 0.232. The molecule has 4 heteroatoms. The van der Waals surface area contributed by atoms with Gasteiger partial charge in [-0.15, -0.1) is 0 Å². The maximum Gasteiger partial charge on any atom is 0.0666 e. The third-order valence-electron chi connectivity index (χ3n) is 3.35. The van der Waals surface area contributed by atoms with Crippen LogP contribution in [0, 0.1) is 0 Å². The molecule has 0 saturated carbocycles. The van der Waals surface area contributed by atoms with Gasteiger partial charge in [-0.25, -0.2) is 4.68 Å². The van der Waals surface area contributed by atoms with E-state index in [-0.39, 0.29) is 6.04 Å². The van der Waals surface area contributed by atoms with Gasteiger partial charge in [-0.05, 0) is 48.9 Å². The maximum atomic E-state index is 4.26. The number of halogens is 1. The van der Waals surface area contributed by atoms with Gasteiger partial charge in [0.1, 0.15) is 0 Å². The molecule has 0 aliphatic heterocycles. The molecular formula is C17H16BrN3. The summed E-state index contributed by atoms with van der Waals surface area (Å²) in [5.41, 5.74) is 3.37. The molecule has 0 spiro atoms. The Morgan fingerprint density at radius 1 is 1.10 bits per heavy atom. The second-order valence-corrected chi connectivity index (χ2v) is 5.84. The number of hydrogen-bond acceptors (Lipinski definition) is 2. The average molecular weight is 342 g/mol. The van der Waals surface area contributed by atoms with Crippen LogP contribution in [0.2, 0.25) is 0 Å². The lowest BCUT2D eigenvalue weighted by Crippen LogP contribution is -2.07. The number of rotatable bonds is 4. The lowest BCUT2D eigenvalue weighted by atomic mass is 10.1. The van der Waals surface area contributed by atoms with Crippen molar-refractivity contribution in [2.45, 2.75) is 13.0 Å². The molecule has 1 atom stereocenters. The van der Waals surface area contributed by atoms with E-state index >= 15 is 0 Å². The normalized spacial score (nSPS) is 12.1. The van der Waals surface area contributed by atoms with Crippen LogP contribution in [0.4, 0.5) is 5.69 Å². The van der Waals surface area contributed by atoms with Gasteiger partial charge in [-0.3, -0.25) is 0 Å². The molecule has 0 aliphatic rings. The fraction of sp³-hybridized carbons (Fsp3) is 0.118. The molecule has 1 N–H and O–H groups in total. The first-order valence-electron chi connectivity index (χ1n) is 6.84. The molecule has 106 valence electrons. The second-order valence-electron chi connectivity index (χ2n) is 4.92. The molecule has 21 heavy (non-hydrogen) atoms. The monoisotopic (exact) mass is 341 g/mol. The molecule has 1 heterocycles. The van der Waals surface area contributed by atoms with Crippen molar-refractivity contribution >= 4 is 21.6 Å². The second kappa shape index (κ2) is 6.14. The van der Waals surface area contributed by atoms with Gasteiger partial charge in [0.05, 0.1) is 5.69 Å². The van der Waals surface area contributed by atoms with Gasteiger partial charge in [-0.2, -0.15) is 5.10 Å². The van der Waals surface area contributed by atoms with Crippen molar-refractivity contribution in [2.75, 3.05) is 5.32 Å². The zero-order valence-electron chi connectivity index (χ0n) is 11.7. The van der Waals surface area contributed by atoms with Crippen LogP contribution >= 0.6 is 15.9 Å². The Bertz CT molecular complexity index is 722. The lowest BCUT2D eigenvalue weighted by molar-refractivity contribution is 0.869. The van der Waals surface area contributed by atoms with Crippen LogP contribution in [0.25, 0.3) is 5.69 Å². The molecule has 3 rings (SSSR count). The van der Waals surface area contributed by atoms with Crippen LogP contribution in [-0.4, -0.2) is 9.78 Å². The highest BCUT2D eigenvalue weighted by Crippen LogP contribution is 2.23. The third kappa shape index (κ3) is 3.34. The van der Waals surface area contributed by atoms with Crippen LogP contribution in [-0.2, 0) is 0 Å². The predicted molar refractivity (Wildman–Crippen MR) is 89.7 cm³/mol. The minimum absolute atomic E-state index is 0.232. The van der Waals surface area contributed by atoms with Gasteiger partial charge < -0.3 is 5.32 Å². The minimum Gasteiger partial charge on any atom is -0.378 e. The first-order chi connectivity index (χ1) is 10.2. The van der Waals surface area contributed by atoms with Crippen LogP contribution in [0.1, 0.15) is 18.5 Å². The number of benzene rings is 2. The van der Waals surface area contributed by atoms with E-state index in [4.69, 9.17) is 0 Å². The van der Waals surface area contributed by atoms with E-state index < -0.39 is 0 Å². The molecule has 0 bridgehead atoms. The Morgan fingerprint density at radius 3 is 2.71 bits per heavy atom. The van der Waals surface area contributed by atoms with Crippen molar-refractivity contribution in [3.8, 4) is 5.69 Å². The quantitative estimate of drug-likeness (QED) is 0.738. The van der Waals surface area contributed by atoms with Crippen LogP contribution in [0.5, 0.6) is 0 Å². The molecule has 0 fully saturated rings. The van der Waals surface area contributed by atoms with Gasteiger partial charge in [-0.1, -0.05) is 34.1 Å². The zero-order valence-corrected chi connectivity index (χ0v) is 13.3. The van der Waals surface area contributed by atoms with Gasteiger partial charge in [0.15, 0.2) is 0 Å².